The summed E-state index contributed by atoms with van der Waals surface area (Å²) < 4.78 is 1.86. The van der Waals surface area contributed by atoms with Gasteiger partial charge in [0.15, 0.2) is 5.65 Å². The number of para-hydroxylation sites is 1. The van der Waals surface area contributed by atoms with E-state index in [2.05, 4.69) is 20.0 Å². The van der Waals surface area contributed by atoms with Gasteiger partial charge in [0.2, 0.25) is 0 Å². The second-order valence-corrected chi connectivity index (χ2v) is 5.66. The molecule has 6 nitrogen and oxygen atoms in total. The molecule has 0 aliphatic carbocycles. The highest BCUT2D eigenvalue weighted by atomic mass is 15.3. The van der Waals surface area contributed by atoms with E-state index in [1.807, 2.05) is 41.2 Å². The molecule has 0 bridgehead atoms. The maximum absolute atomic E-state index is 5.79. The van der Waals surface area contributed by atoms with Crippen molar-refractivity contribution in [3.63, 3.8) is 0 Å². The van der Waals surface area contributed by atoms with E-state index in [0.29, 0.717) is 5.92 Å². The molecule has 4 rings (SSSR count). The Hall–Kier alpha value is -2.47. The fourth-order valence-electron chi connectivity index (χ4n) is 3.06. The minimum Gasteiger partial charge on any atom is -0.356 e. The highest BCUT2D eigenvalue weighted by molar-refractivity contribution is 5.87. The summed E-state index contributed by atoms with van der Waals surface area (Å²) in [6.45, 7) is 2.68. The number of fused-ring (bicyclic) bond motifs is 1. The Morgan fingerprint density at radius 3 is 2.82 bits per heavy atom. The molecule has 112 valence electrons. The van der Waals surface area contributed by atoms with Crippen LogP contribution in [0, 0.1) is 5.92 Å². The van der Waals surface area contributed by atoms with Crippen molar-refractivity contribution < 1.29 is 0 Å². The lowest BCUT2D eigenvalue weighted by Gasteiger charge is -2.17. The van der Waals surface area contributed by atoms with Crippen LogP contribution >= 0.6 is 0 Å². The number of aromatic nitrogens is 4. The lowest BCUT2D eigenvalue weighted by molar-refractivity contribution is 0.602. The number of rotatable bonds is 3. The zero-order valence-electron chi connectivity index (χ0n) is 12.3. The summed E-state index contributed by atoms with van der Waals surface area (Å²) in [6, 6.07) is 10.0. The summed E-state index contributed by atoms with van der Waals surface area (Å²) in [4.78, 5) is 11.2. The van der Waals surface area contributed by atoms with Crippen molar-refractivity contribution in [2.75, 3.05) is 24.5 Å². The first-order valence-electron chi connectivity index (χ1n) is 7.56. The summed E-state index contributed by atoms with van der Waals surface area (Å²) >= 11 is 0. The molecule has 6 heteroatoms. The Balaban J connectivity index is 1.78. The predicted octanol–water partition coefficient (Wildman–Crippen LogP) is 1.60. The van der Waals surface area contributed by atoms with Crippen LogP contribution in [0.15, 0.2) is 42.9 Å². The van der Waals surface area contributed by atoms with Gasteiger partial charge >= 0.3 is 0 Å². The second-order valence-electron chi connectivity index (χ2n) is 5.66. The fraction of sp³-hybridized carbons (Fsp3) is 0.312. The standard InChI is InChI=1S/C16H18N6/c17-8-12-6-7-21(10-12)15-14-9-20-22(16(14)19-11-18-15)13-4-2-1-3-5-13/h1-5,9,11-12H,6-8,10,17H2. The zero-order valence-corrected chi connectivity index (χ0v) is 12.3. The van der Waals surface area contributed by atoms with E-state index < -0.39 is 0 Å². The molecule has 1 aliphatic heterocycles. The van der Waals surface area contributed by atoms with E-state index >= 15 is 0 Å². The molecular formula is C16H18N6. The van der Waals surface area contributed by atoms with E-state index in [4.69, 9.17) is 5.73 Å². The van der Waals surface area contributed by atoms with Gasteiger partial charge in [0.05, 0.1) is 17.3 Å². The van der Waals surface area contributed by atoms with Gasteiger partial charge in [-0.2, -0.15) is 5.10 Å². The zero-order chi connectivity index (χ0) is 14.9. The molecule has 2 N–H and O–H groups in total. The van der Waals surface area contributed by atoms with Crippen LogP contribution in [-0.2, 0) is 0 Å². The minimum absolute atomic E-state index is 0.550. The highest BCUT2D eigenvalue weighted by Crippen LogP contribution is 2.28. The molecular weight excluding hydrogens is 276 g/mol. The average Bonchev–Trinajstić information content (AvgIpc) is 3.22. The van der Waals surface area contributed by atoms with Crippen molar-refractivity contribution in [1.82, 2.24) is 19.7 Å². The predicted molar refractivity (Wildman–Crippen MR) is 86.0 cm³/mol. The molecule has 3 aromatic rings. The van der Waals surface area contributed by atoms with E-state index in [1.54, 1.807) is 6.33 Å². The molecule has 3 heterocycles. The van der Waals surface area contributed by atoms with Crippen molar-refractivity contribution in [3.05, 3.63) is 42.9 Å². The van der Waals surface area contributed by atoms with Crippen LogP contribution in [0.3, 0.4) is 0 Å². The van der Waals surface area contributed by atoms with Crippen LogP contribution in [-0.4, -0.2) is 39.4 Å². The molecule has 22 heavy (non-hydrogen) atoms. The fourth-order valence-corrected chi connectivity index (χ4v) is 3.06. The van der Waals surface area contributed by atoms with Crippen molar-refractivity contribution in [2.45, 2.75) is 6.42 Å². The molecule has 0 spiro atoms. The van der Waals surface area contributed by atoms with Gasteiger partial charge in [0.1, 0.15) is 12.1 Å². The van der Waals surface area contributed by atoms with Crippen LogP contribution in [0.5, 0.6) is 0 Å². The first kappa shape index (κ1) is 13.2. The van der Waals surface area contributed by atoms with Gasteiger partial charge < -0.3 is 10.6 Å². The molecule has 1 atom stereocenters. The third kappa shape index (κ3) is 2.12. The Labute approximate surface area is 128 Å². The topological polar surface area (TPSA) is 72.9 Å². The lowest BCUT2D eigenvalue weighted by Crippen LogP contribution is -2.23. The van der Waals surface area contributed by atoms with E-state index in [0.717, 1.165) is 48.6 Å². The number of nitrogens with zero attached hydrogens (tertiary/aromatic N) is 5. The Kier molecular flexibility index (Phi) is 3.23. The molecule has 0 saturated carbocycles. The average molecular weight is 294 g/mol. The molecule has 1 aromatic carbocycles. The molecule has 1 saturated heterocycles. The lowest BCUT2D eigenvalue weighted by atomic mass is 10.1. The maximum atomic E-state index is 5.79. The molecule has 0 radical (unpaired) electrons. The van der Waals surface area contributed by atoms with E-state index in [-0.39, 0.29) is 0 Å². The number of hydrogen-bond donors (Lipinski definition) is 1. The van der Waals surface area contributed by atoms with Gasteiger partial charge in [0, 0.05) is 13.1 Å². The first-order valence-corrected chi connectivity index (χ1v) is 7.56. The quantitative estimate of drug-likeness (QED) is 0.794. The summed E-state index contributed by atoms with van der Waals surface area (Å²) in [7, 11) is 0. The van der Waals surface area contributed by atoms with Crippen molar-refractivity contribution in [3.8, 4) is 5.69 Å². The number of benzene rings is 1. The van der Waals surface area contributed by atoms with Crippen LogP contribution in [0.1, 0.15) is 6.42 Å². The van der Waals surface area contributed by atoms with Crippen LogP contribution in [0.2, 0.25) is 0 Å². The van der Waals surface area contributed by atoms with Crippen molar-refractivity contribution in [2.24, 2.45) is 11.7 Å². The molecule has 0 amide bonds. The van der Waals surface area contributed by atoms with Crippen LogP contribution < -0.4 is 10.6 Å². The van der Waals surface area contributed by atoms with Gasteiger partial charge in [-0.25, -0.2) is 14.6 Å². The Morgan fingerprint density at radius 1 is 1.18 bits per heavy atom. The molecule has 2 aromatic heterocycles. The third-order valence-corrected chi connectivity index (χ3v) is 4.26. The van der Waals surface area contributed by atoms with E-state index in [1.165, 1.54) is 0 Å². The smallest absolute Gasteiger partial charge is 0.168 e. The van der Waals surface area contributed by atoms with E-state index in [9.17, 15) is 0 Å². The Morgan fingerprint density at radius 2 is 2.05 bits per heavy atom. The van der Waals surface area contributed by atoms with Gasteiger partial charge in [-0.1, -0.05) is 18.2 Å². The summed E-state index contributed by atoms with van der Waals surface area (Å²) in [6.07, 6.45) is 4.59. The largest absolute Gasteiger partial charge is 0.356 e. The SMILES string of the molecule is NCC1CCN(c2ncnc3c2cnn3-c2ccccc2)C1. The van der Waals surface area contributed by atoms with Crippen molar-refractivity contribution in [1.29, 1.82) is 0 Å². The Bertz CT molecular complexity index is 782. The second kappa shape index (κ2) is 5.38. The number of hydrogen-bond acceptors (Lipinski definition) is 5. The summed E-state index contributed by atoms with van der Waals surface area (Å²) in [5.74, 6) is 1.51. The molecule has 1 unspecified atom stereocenters. The third-order valence-electron chi connectivity index (χ3n) is 4.26. The maximum Gasteiger partial charge on any atom is 0.168 e. The van der Waals surface area contributed by atoms with Gasteiger partial charge in [-0.3, -0.25) is 0 Å². The summed E-state index contributed by atoms with van der Waals surface area (Å²) in [5, 5.41) is 5.49. The van der Waals surface area contributed by atoms with Gasteiger partial charge in [0.25, 0.3) is 0 Å². The number of anilines is 1. The van der Waals surface area contributed by atoms with Crippen LogP contribution in [0.25, 0.3) is 16.7 Å². The normalized spacial score (nSPS) is 18.2. The first-order chi connectivity index (χ1) is 10.9. The minimum atomic E-state index is 0.550. The van der Waals surface area contributed by atoms with Gasteiger partial charge in [-0.15, -0.1) is 0 Å². The van der Waals surface area contributed by atoms with Gasteiger partial charge in [-0.05, 0) is 31.0 Å². The van der Waals surface area contributed by atoms with Crippen molar-refractivity contribution >= 4 is 16.9 Å². The van der Waals surface area contributed by atoms with Crippen LogP contribution in [0.4, 0.5) is 5.82 Å². The molecule has 1 fully saturated rings. The summed E-state index contributed by atoms with van der Waals surface area (Å²) in [5.41, 5.74) is 7.63. The monoisotopic (exact) mass is 294 g/mol. The number of nitrogens with two attached hydrogens (primary N) is 1. The molecule has 1 aliphatic rings. The highest BCUT2D eigenvalue weighted by Gasteiger charge is 2.24.